The minimum Gasteiger partial charge on any atom is -0.377 e. The Hall–Kier alpha value is -0.280. The van der Waals surface area contributed by atoms with Crippen LogP contribution in [0.1, 0.15) is 19.4 Å². The molecule has 90 valence electrons. The van der Waals surface area contributed by atoms with E-state index in [9.17, 15) is 0 Å². The lowest BCUT2D eigenvalue weighted by Gasteiger charge is -2.10. The van der Waals surface area contributed by atoms with Gasteiger partial charge in [0.25, 0.3) is 0 Å². The summed E-state index contributed by atoms with van der Waals surface area (Å²) in [4.78, 5) is 0. The van der Waals surface area contributed by atoms with Crippen LogP contribution in [0.2, 0.25) is 10.0 Å². The SMILES string of the molecule is CC(C)OCCNCc1c(Cl)cccc1Cl. The van der Waals surface area contributed by atoms with E-state index in [4.69, 9.17) is 27.9 Å². The molecule has 0 spiro atoms. The number of hydrogen-bond acceptors (Lipinski definition) is 2. The predicted octanol–water partition coefficient (Wildman–Crippen LogP) is 3.51. The molecule has 0 aliphatic rings. The summed E-state index contributed by atoms with van der Waals surface area (Å²) in [5.41, 5.74) is 0.940. The molecule has 0 saturated heterocycles. The molecule has 0 fully saturated rings. The van der Waals surface area contributed by atoms with Gasteiger partial charge in [0.2, 0.25) is 0 Å². The lowest BCUT2D eigenvalue weighted by atomic mass is 10.2. The summed E-state index contributed by atoms with van der Waals surface area (Å²) >= 11 is 12.1. The fourth-order valence-corrected chi connectivity index (χ4v) is 1.81. The Morgan fingerprint density at radius 1 is 1.25 bits per heavy atom. The molecule has 1 rings (SSSR count). The zero-order valence-electron chi connectivity index (χ0n) is 9.59. The number of ether oxygens (including phenoxy) is 1. The largest absolute Gasteiger partial charge is 0.377 e. The van der Waals surface area contributed by atoms with E-state index in [1.54, 1.807) is 0 Å². The van der Waals surface area contributed by atoms with Crippen LogP contribution in [0.25, 0.3) is 0 Å². The maximum atomic E-state index is 6.04. The average Bonchev–Trinajstić information content (AvgIpc) is 2.21. The third-order valence-electron chi connectivity index (χ3n) is 2.09. The molecule has 2 nitrogen and oxygen atoms in total. The predicted molar refractivity (Wildman–Crippen MR) is 69.3 cm³/mol. The maximum absolute atomic E-state index is 6.04. The zero-order chi connectivity index (χ0) is 12.0. The van der Waals surface area contributed by atoms with Crippen molar-refractivity contribution in [2.45, 2.75) is 26.5 Å². The minimum atomic E-state index is 0.269. The van der Waals surface area contributed by atoms with Gasteiger partial charge in [0.15, 0.2) is 0 Å². The van der Waals surface area contributed by atoms with Crippen LogP contribution in [0.4, 0.5) is 0 Å². The Bertz CT molecular complexity index is 309. The third-order valence-corrected chi connectivity index (χ3v) is 2.80. The topological polar surface area (TPSA) is 21.3 Å². The van der Waals surface area contributed by atoms with Crippen molar-refractivity contribution in [2.24, 2.45) is 0 Å². The maximum Gasteiger partial charge on any atom is 0.0594 e. The highest BCUT2D eigenvalue weighted by atomic mass is 35.5. The molecule has 16 heavy (non-hydrogen) atoms. The van der Waals surface area contributed by atoms with Crippen molar-refractivity contribution in [3.63, 3.8) is 0 Å². The van der Waals surface area contributed by atoms with Crippen LogP contribution in [0.3, 0.4) is 0 Å². The van der Waals surface area contributed by atoms with Gasteiger partial charge in [-0.25, -0.2) is 0 Å². The average molecular weight is 262 g/mol. The first kappa shape index (κ1) is 13.8. The number of nitrogens with one attached hydrogen (secondary N) is 1. The molecular weight excluding hydrogens is 245 g/mol. The number of hydrogen-bond donors (Lipinski definition) is 1. The molecule has 1 N–H and O–H groups in total. The number of benzene rings is 1. The third kappa shape index (κ3) is 4.71. The van der Waals surface area contributed by atoms with Crippen molar-refractivity contribution in [1.29, 1.82) is 0 Å². The van der Waals surface area contributed by atoms with E-state index >= 15 is 0 Å². The number of halogens is 2. The second kappa shape index (κ2) is 7.13. The molecule has 0 aliphatic carbocycles. The summed E-state index contributed by atoms with van der Waals surface area (Å²) < 4.78 is 5.41. The molecule has 4 heteroatoms. The first-order valence-electron chi connectivity index (χ1n) is 5.36. The highest BCUT2D eigenvalue weighted by Crippen LogP contribution is 2.23. The van der Waals surface area contributed by atoms with Crippen LogP contribution in [-0.2, 0) is 11.3 Å². The molecular formula is C12H17Cl2NO. The van der Waals surface area contributed by atoms with E-state index in [1.165, 1.54) is 0 Å². The lowest BCUT2D eigenvalue weighted by Crippen LogP contribution is -2.21. The van der Waals surface area contributed by atoms with Crippen molar-refractivity contribution >= 4 is 23.2 Å². The summed E-state index contributed by atoms with van der Waals surface area (Å²) in [6, 6.07) is 5.53. The summed E-state index contributed by atoms with van der Waals surface area (Å²) in [5, 5.41) is 4.64. The summed E-state index contributed by atoms with van der Waals surface area (Å²) in [6.07, 6.45) is 0.269. The molecule has 0 radical (unpaired) electrons. The molecule has 0 aliphatic heterocycles. The van der Waals surface area contributed by atoms with Gasteiger partial charge in [-0.3, -0.25) is 0 Å². The van der Waals surface area contributed by atoms with E-state index in [0.29, 0.717) is 23.2 Å². The van der Waals surface area contributed by atoms with E-state index in [0.717, 1.165) is 12.1 Å². The molecule has 1 aromatic rings. The van der Waals surface area contributed by atoms with Gasteiger partial charge >= 0.3 is 0 Å². The van der Waals surface area contributed by atoms with Crippen LogP contribution in [0.5, 0.6) is 0 Å². The zero-order valence-corrected chi connectivity index (χ0v) is 11.1. The van der Waals surface area contributed by atoms with Crippen molar-refractivity contribution in [3.8, 4) is 0 Å². The van der Waals surface area contributed by atoms with Gasteiger partial charge in [0.1, 0.15) is 0 Å². The van der Waals surface area contributed by atoms with Crippen LogP contribution in [0.15, 0.2) is 18.2 Å². The molecule has 0 unspecified atom stereocenters. The van der Waals surface area contributed by atoms with Crippen LogP contribution >= 0.6 is 23.2 Å². The molecule has 0 saturated carbocycles. The van der Waals surface area contributed by atoms with Gasteiger partial charge in [-0.2, -0.15) is 0 Å². The fourth-order valence-electron chi connectivity index (χ4n) is 1.28. The van der Waals surface area contributed by atoms with Crippen molar-refractivity contribution in [1.82, 2.24) is 5.32 Å². The Balaban J connectivity index is 2.32. The van der Waals surface area contributed by atoms with Gasteiger partial charge in [-0.15, -0.1) is 0 Å². The number of rotatable bonds is 6. The van der Waals surface area contributed by atoms with Gasteiger partial charge in [-0.05, 0) is 26.0 Å². The Kier molecular flexibility index (Phi) is 6.14. The first-order valence-corrected chi connectivity index (χ1v) is 6.12. The Morgan fingerprint density at radius 3 is 2.44 bits per heavy atom. The van der Waals surface area contributed by atoms with Gasteiger partial charge < -0.3 is 10.1 Å². The van der Waals surface area contributed by atoms with Crippen molar-refractivity contribution in [3.05, 3.63) is 33.8 Å². The highest BCUT2D eigenvalue weighted by molar-refractivity contribution is 6.35. The van der Waals surface area contributed by atoms with E-state index < -0.39 is 0 Å². The lowest BCUT2D eigenvalue weighted by molar-refractivity contribution is 0.0807. The fraction of sp³-hybridized carbons (Fsp3) is 0.500. The molecule has 0 aromatic heterocycles. The van der Waals surface area contributed by atoms with Gasteiger partial charge in [0.05, 0.1) is 12.7 Å². The van der Waals surface area contributed by atoms with Gasteiger partial charge in [0, 0.05) is 28.7 Å². The molecule has 0 amide bonds. The van der Waals surface area contributed by atoms with Crippen LogP contribution in [0, 0.1) is 0 Å². The second-order valence-corrected chi connectivity index (χ2v) is 4.61. The quantitative estimate of drug-likeness (QED) is 0.792. The normalized spacial score (nSPS) is 11.1. The van der Waals surface area contributed by atoms with Crippen molar-refractivity contribution < 1.29 is 4.74 Å². The van der Waals surface area contributed by atoms with E-state index in [2.05, 4.69) is 5.32 Å². The summed E-state index contributed by atoms with van der Waals surface area (Å²) in [7, 11) is 0. The Labute approximate surface area is 107 Å². The summed E-state index contributed by atoms with van der Waals surface area (Å²) in [5.74, 6) is 0. The molecule has 0 bridgehead atoms. The van der Waals surface area contributed by atoms with E-state index in [-0.39, 0.29) is 6.10 Å². The second-order valence-electron chi connectivity index (χ2n) is 3.80. The molecule has 0 atom stereocenters. The minimum absolute atomic E-state index is 0.269. The molecule has 1 aromatic carbocycles. The van der Waals surface area contributed by atoms with E-state index in [1.807, 2.05) is 32.0 Å². The highest BCUT2D eigenvalue weighted by Gasteiger charge is 2.04. The monoisotopic (exact) mass is 261 g/mol. The first-order chi connectivity index (χ1) is 7.61. The standard InChI is InChI=1S/C12H17Cl2NO/c1-9(2)16-7-6-15-8-10-11(13)4-3-5-12(10)14/h3-5,9,15H,6-8H2,1-2H3. The summed E-state index contributed by atoms with van der Waals surface area (Å²) in [6.45, 7) is 6.19. The smallest absolute Gasteiger partial charge is 0.0594 e. The van der Waals surface area contributed by atoms with Crippen LogP contribution < -0.4 is 5.32 Å². The van der Waals surface area contributed by atoms with Crippen LogP contribution in [-0.4, -0.2) is 19.3 Å². The van der Waals surface area contributed by atoms with Crippen molar-refractivity contribution in [2.75, 3.05) is 13.2 Å². The van der Waals surface area contributed by atoms with Gasteiger partial charge in [-0.1, -0.05) is 29.3 Å². The molecule has 0 heterocycles. The Morgan fingerprint density at radius 2 is 1.88 bits per heavy atom.